The molecule has 0 aliphatic rings. The van der Waals surface area contributed by atoms with Gasteiger partial charge in [0.1, 0.15) is 0 Å². The highest BCUT2D eigenvalue weighted by molar-refractivity contribution is 9.10. The van der Waals surface area contributed by atoms with E-state index in [2.05, 4.69) is 34.7 Å². The standard InChI is InChI=1S/C14H20BrNOS/c1-3-16(4-2)8-9-18-11-14(17)12-6-5-7-13(15)10-12/h5-7,10H,3-4,8-9,11H2,1-2H3. The van der Waals surface area contributed by atoms with E-state index in [4.69, 9.17) is 0 Å². The summed E-state index contributed by atoms with van der Waals surface area (Å²) in [7, 11) is 0. The summed E-state index contributed by atoms with van der Waals surface area (Å²) in [5.41, 5.74) is 0.791. The van der Waals surface area contributed by atoms with E-state index < -0.39 is 0 Å². The van der Waals surface area contributed by atoms with E-state index in [0.717, 1.165) is 35.4 Å². The molecule has 100 valence electrons. The van der Waals surface area contributed by atoms with Crippen molar-refractivity contribution in [3.63, 3.8) is 0 Å². The van der Waals surface area contributed by atoms with Gasteiger partial charge < -0.3 is 4.90 Å². The number of rotatable bonds is 8. The Morgan fingerprint density at radius 1 is 1.33 bits per heavy atom. The van der Waals surface area contributed by atoms with Gasteiger partial charge in [0.15, 0.2) is 5.78 Å². The van der Waals surface area contributed by atoms with Crippen molar-refractivity contribution >= 4 is 33.5 Å². The van der Waals surface area contributed by atoms with Crippen LogP contribution in [-0.2, 0) is 0 Å². The minimum atomic E-state index is 0.209. The molecule has 1 aromatic rings. The van der Waals surface area contributed by atoms with Crippen LogP contribution >= 0.6 is 27.7 Å². The third-order valence-electron chi connectivity index (χ3n) is 2.83. The van der Waals surface area contributed by atoms with Gasteiger partial charge in [-0.1, -0.05) is 41.9 Å². The second-order valence-electron chi connectivity index (χ2n) is 4.01. The first-order valence-corrected chi connectivity index (χ1v) is 8.21. The van der Waals surface area contributed by atoms with Crippen LogP contribution < -0.4 is 0 Å². The van der Waals surface area contributed by atoms with Crippen LogP contribution in [0.5, 0.6) is 0 Å². The lowest BCUT2D eigenvalue weighted by Crippen LogP contribution is -2.25. The smallest absolute Gasteiger partial charge is 0.172 e. The summed E-state index contributed by atoms with van der Waals surface area (Å²) in [6.07, 6.45) is 0. The quantitative estimate of drug-likeness (QED) is 0.535. The Labute approximate surface area is 122 Å². The van der Waals surface area contributed by atoms with Crippen LogP contribution in [0, 0.1) is 0 Å². The van der Waals surface area contributed by atoms with Crippen molar-refractivity contribution in [1.82, 2.24) is 4.90 Å². The first-order chi connectivity index (χ1) is 8.67. The van der Waals surface area contributed by atoms with E-state index in [1.807, 2.05) is 24.3 Å². The second-order valence-corrected chi connectivity index (χ2v) is 6.03. The lowest BCUT2D eigenvalue weighted by Gasteiger charge is -2.17. The third-order valence-corrected chi connectivity index (χ3v) is 4.26. The molecule has 1 aromatic carbocycles. The second kappa shape index (κ2) is 8.73. The van der Waals surface area contributed by atoms with Gasteiger partial charge in [-0.2, -0.15) is 11.8 Å². The number of halogens is 1. The molecule has 18 heavy (non-hydrogen) atoms. The van der Waals surface area contributed by atoms with Gasteiger partial charge in [-0.15, -0.1) is 0 Å². The molecular formula is C14H20BrNOS. The largest absolute Gasteiger partial charge is 0.303 e. The Morgan fingerprint density at radius 2 is 2.06 bits per heavy atom. The maximum Gasteiger partial charge on any atom is 0.172 e. The number of hydrogen-bond donors (Lipinski definition) is 0. The first-order valence-electron chi connectivity index (χ1n) is 6.26. The van der Waals surface area contributed by atoms with Gasteiger partial charge in [0, 0.05) is 22.3 Å². The van der Waals surface area contributed by atoms with E-state index in [0.29, 0.717) is 5.75 Å². The Kier molecular flexibility index (Phi) is 7.63. The summed E-state index contributed by atoms with van der Waals surface area (Å²) in [4.78, 5) is 14.3. The third kappa shape index (κ3) is 5.55. The minimum Gasteiger partial charge on any atom is -0.303 e. The summed E-state index contributed by atoms with van der Waals surface area (Å²) >= 11 is 5.10. The molecule has 1 rings (SSSR count). The molecule has 0 radical (unpaired) electrons. The summed E-state index contributed by atoms with van der Waals surface area (Å²) in [6, 6.07) is 7.59. The minimum absolute atomic E-state index is 0.209. The van der Waals surface area contributed by atoms with E-state index in [1.165, 1.54) is 0 Å². The Bertz CT molecular complexity index is 380. The van der Waals surface area contributed by atoms with E-state index in [9.17, 15) is 4.79 Å². The zero-order valence-corrected chi connectivity index (χ0v) is 13.4. The van der Waals surface area contributed by atoms with Crippen molar-refractivity contribution in [1.29, 1.82) is 0 Å². The molecule has 0 N–H and O–H groups in total. The molecule has 0 atom stereocenters. The first kappa shape index (κ1) is 15.7. The van der Waals surface area contributed by atoms with Gasteiger partial charge in [0.05, 0.1) is 5.75 Å². The molecule has 0 heterocycles. The topological polar surface area (TPSA) is 20.3 Å². The number of carbonyl (C=O) groups is 1. The van der Waals surface area contributed by atoms with Crippen molar-refractivity contribution in [2.45, 2.75) is 13.8 Å². The zero-order chi connectivity index (χ0) is 13.4. The molecule has 0 spiro atoms. The van der Waals surface area contributed by atoms with Gasteiger partial charge in [0.2, 0.25) is 0 Å². The zero-order valence-electron chi connectivity index (χ0n) is 11.0. The molecule has 0 saturated heterocycles. The fourth-order valence-corrected chi connectivity index (χ4v) is 2.93. The normalized spacial score (nSPS) is 10.9. The van der Waals surface area contributed by atoms with Crippen LogP contribution in [0.4, 0.5) is 0 Å². The lowest BCUT2D eigenvalue weighted by atomic mass is 10.2. The fraction of sp³-hybridized carbons (Fsp3) is 0.500. The van der Waals surface area contributed by atoms with E-state index >= 15 is 0 Å². The lowest BCUT2D eigenvalue weighted by molar-refractivity contribution is 0.102. The van der Waals surface area contributed by atoms with E-state index in [-0.39, 0.29) is 5.78 Å². The fourth-order valence-electron chi connectivity index (χ4n) is 1.64. The highest BCUT2D eigenvalue weighted by Gasteiger charge is 2.06. The Balaban J connectivity index is 2.29. The van der Waals surface area contributed by atoms with Gasteiger partial charge in [0.25, 0.3) is 0 Å². The van der Waals surface area contributed by atoms with Gasteiger partial charge in [-0.05, 0) is 25.2 Å². The Hall–Kier alpha value is -0.320. The molecule has 0 fully saturated rings. The number of hydrogen-bond acceptors (Lipinski definition) is 3. The molecule has 4 heteroatoms. The summed E-state index contributed by atoms with van der Waals surface area (Å²) in [5, 5.41) is 0. The molecule has 2 nitrogen and oxygen atoms in total. The van der Waals surface area contributed by atoms with Crippen molar-refractivity contribution in [2.75, 3.05) is 31.1 Å². The molecule has 0 aliphatic carbocycles. The number of benzene rings is 1. The molecular weight excluding hydrogens is 310 g/mol. The van der Waals surface area contributed by atoms with Crippen molar-refractivity contribution < 1.29 is 4.79 Å². The molecule has 0 saturated carbocycles. The maximum absolute atomic E-state index is 11.9. The van der Waals surface area contributed by atoms with Crippen LogP contribution in [0.3, 0.4) is 0 Å². The summed E-state index contributed by atoms with van der Waals surface area (Å²) in [6.45, 7) is 7.55. The highest BCUT2D eigenvalue weighted by Crippen LogP contribution is 2.14. The van der Waals surface area contributed by atoms with Gasteiger partial charge in [-0.3, -0.25) is 4.79 Å². The summed E-state index contributed by atoms with van der Waals surface area (Å²) < 4.78 is 0.960. The number of carbonyl (C=O) groups excluding carboxylic acids is 1. The highest BCUT2D eigenvalue weighted by atomic mass is 79.9. The number of Topliss-reactive ketones (excluding diaryl/α,β-unsaturated/α-hetero) is 1. The van der Waals surface area contributed by atoms with E-state index in [1.54, 1.807) is 11.8 Å². The van der Waals surface area contributed by atoms with Crippen molar-refractivity contribution in [3.8, 4) is 0 Å². The predicted molar refractivity (Wildman–Crippen MR) is 83.6 cm³/mol. The van der Waals surface area contributed by atoms with Crippen LogP contribution in [-0.4, -0.2) is 41.8 Å². The van der Waals surface area contributed by atoms with Crippen LogP contribution in [0.2, 0.25) is 0 Å². The SMILES string of the molecule is CCN(CC)CCSCC(=O)c1cccc(Br)c1. The average molecular weight is 330 g/mol. The molecule has 0 amide bonds. The number of thioether (sulfide) groups is 1. The number of nitrogens with zero attached hydrogens (tertiary/aromatic N) is 1. The van der Waals surface area contributed by atoms with Crippen LogP contribution in [0.25, 0.3) is 0 Å². The average Bonchev–Trinajstić information content (AvgIpc) is 2.38. The van der Waals surface area contributed by atoms with Gasteiger partial charge in [-0.25, -0.2) is 0 Å². The predicted octanol–water partition coefficient (Wildman–Crippen LogP) is 3.71. The Morgan fingerprint density at radius 3 is 2.67 bits per heavy atom. The molecule has 0 bridgehead atoms. The van der Waals surface area contributed by atoms with Gasteiger partial charge >= 0.3 is 0 Å². The molecule has 0 aromatic heterocycles. The summed E-state index contributed by atoms with van der Waals surface area (Å²) in [5.74, 6) is 1.79. The number of ketones is 1. The van der Waals surface area contributed by atoms with Crippen molar-refractivity contribution in [3.05, 3.63) is 34.3 Å². The van der Waals surface area contributed by atoms with Crippen molar-refractivity contribution in [2.24, 2.45) is 0 Å². The van der Waals surface area contributed by atoms with Crippen LogP contribution in [0.15, 0.2) is 28.7 Å². The monoisotopic (exact) mass is 329 g/mol. The molecule has 0 unspecified atom stereocenters. The molecule has 0 aliphatic heterocycles. The maximum atomic E-state index is 11.9. The van der Waals surface area contributed by atoms with Crippen LogP contribution in [0.1, 0.15) is 24.2 Å².